The standard InChI is InChI=1S/C30H19ClN2O2/c31-26-11-5-8-23-24(26)9-4-10-25(23)29(34)32-22-16-17-28-27(18-22)33-30(35-28)21-14-12-20(13-15-21)19-6-2-1-3-7-19/h1-18H,(H,32,34). The van der Waals surface area contributed by atoms with Crippen LogP contribution in [-0.2, 0) is 0 Å². The number of fused-ring (bicyclic) bond motifs is 2. The number of nitrogens with one attached hydrogen (secondary N) is 1. The monoisotopic (exact) mass is 474 g/mol. The normalized spacial score (nSPS) is 11.1. The zero-order valence-corrected chi connectivity index (χ0v) is 19.3. The van der Waals surface area contributed by atoms with Crippen molar-refractivity contribution in [1.29, 1.82) is 0 Å². The third-order valence-corrected chi connectivity index (χ3v) is 6.33. The highest BCUT2D eigenvalue weighted by atomic mass is 35.5. The third kappa shape index (κ3) is 4.05. The van der Waals surface area contributed by atoms with Gasteiger partial charge >= 0.3 is 0 Å². The van der Waals surface area contributed by atoms with Crippen LogP contribution in [-0.4, -0.2) is 10.9 Å². The SMILES string of the molecule is O=C(Nc1ccc2oc(-c3ccc(-c4ccccc4)cc3)nc2c1)c1cccc2c(Cl)cccc12. The lowest BCUT2D eigenvalue weighted by molar-refractivity contribution is 0.102. The minimum Gasteiger partial charge on any atom is -0.436 e. The summed E-state index contributed by atoms with van der Waals surface area (Å²) in [6.07, 6.45) is 0. The molecule has 0 atom stereocenters. The van der Waals surface area contributed by atoms with E-state index in [2.05, 4.69) is 34.6 Å². The molecule has 0 unspecified atom stereocenters. The Bertz CT molecular complexity index is 1690. The van der Waals surface area contributed by atoms with Gasteiger partial charge in [-0.05, 0) is 59.0 Å². The van der Waals surface area contributed by atoms with Crippen LogP contribution in [0.1, 0.15) is 10.4 Å². The van der Waals surface area contributed by atoms with Crippen LogP contribution >= 0.6 is 11.6 Å². The molecule has 0 radical (unpaired) electrons. The second-order valence-corrected chi connectivity index (χ2v) is 8.65. The Kier molecular flexibility index (Phi) is 5.28. The molecule has 0 saturated carbocycles. The molecule has 1 aromatic heterocycles. The summed E-state index contributed by atoms with van der Waals surface area (Å²) in [6.45, 7) is 0. The average molecular weight is 475 g/mol. The molecule has 5 heteroatoms. The quantitative estimate of drug-likeness (QED) is 0.280. The summed E-state index contributed by atoms with van der Waals surface area (Å²) < 4.78 is 5.98. The van der Waals surface area contributed by atoms with Gasteiger partial charge in [0.25, 0.3) is 5.91 Å². The topological polar surface area (TPSA) is 55.1 Å². The van der Waals surface area contributed by atoms with Crippen molar-refractivity contribution in [1.82, 2.24) is 4.98 Å². The van der Waals surface area contributed by atoms with Crippen molar-refractivity contribution in [2.75, 3.05) is 5.32 Å². The fourth-order valence-corrected chi connectivity index (χ4v) is 4.47. The second kappa shape index (κ2) is 8.75. The Labute approximate surface area is 206 Å². The highest BCUT2D eigenvalue weighted by Crippen LogP contribution is 2.30. The van der Waals surface area contributed by atoms with Gasteiger partial charge in [-0.1, -0.05) is 78.3 Å². The van der Waals surface area contributed by atoms with E-state index in [1.54, 1.807) is 6.07 Å². The maximum absolute atomic E-state index is 13.1. The summed E-state index contributed by atoms with van der Waals surface area (Å²) in [5, 5.41) is 5.24. The molecule has 0 aliphatic carbocycles. The predicted octanol–water partition coefficient (Wildman–Crippen LogP) is 8.22. The number of benzene rings is 5. The number of rotatable bonds is 4. The number of oxazole rings is 1. The van der Waals surface area contributed by atoms with Gasteiger partial charge < -0.3 is 9.73 Å². The number of halogens is 1. The Morgan fingerprint density at radius 3 is 2.26 bits per heavy atom. The van der Waals surface area contributed by atoms with Crippen LogP contribution in [0.15, 0.2) is 114 Å². The fraction of sp³-hybridized carbons (Fsp3) is 0. The van der Waals surface area contributed by atoms with Crippen molar-refractivity contribution < 1.29 is 9.21 Å². The molecule has 1 N–H and O–H groups in total. The van der Waals surface area contributed by atoms with Crippen molar-refractivity contribution in [2.45, 2.75) is 0 Å². The molecule has 0 aliphatic rings. The molecular formula is C30H19ClN2O2. The first-order valence-corrected chi connectivity index (χ1v) is 11.6. The van der Waals surface area contributed by atoms with E-state index < -0.39 is 0 Å². The molecule has 35 heavy (non-hydrogen) atoms. The molecule has 0 saturated heterocycles. The molecule has 1 amide bonds. The molecule has 168 valence electrons. The Morgan fingerprint density at radius 2 is 1.43 bits per heavy atom. The van der Waals surface area contributed by atoms with Crippen molar-refractivity contribution in [3.8, 4) is 22.6 Å². The van der Waals surface area contributed by atoms with Crippen LogP contribution in [0, 0.1) is 0 Å². The lowest BCUT2D eigenvalue weighted by atomic mass is 10.0. The van der Waals surface area contributed by atoms with Crippen LogP contribution in [0.2, 0.25) is 5.02 Å². The lowest BCUT2D eigenvalue weighted by Crippen LogP contribution is -2.12. The van der Waals surface area contributed by atoms with Gasteiger partial charge in [0.15, 0.2) is 5.58 Å². The zero-order valence-electron chi connectivity index (χ0n) is 18.5. The number of aromatic nitrogens is 1. The number of carbonyl (C=O) groups is 1. The van der Waals surface area contributed by atoms with E-state index in [1.807, 2.05) is 78.9 Å². The van der Waals surface area contributed by atoms with Gasteiger partial charge in [-0.2, -0.15) is 0 Å². The van der Waals surface area contributed by atoms with Crippen molar-refractivity contribution in [2.24, 2.45) is 0 Å². The van der Waals surface area contributed by atoms with Crippen molar-refractivity contribution in [3.63, 3.8) is 0 Å². The summed E-state index contributed by atoms with van der Waals surface area (Å²) in [5.41, 5.74) is 5.70. The predicted molar refractivity (Wildman–Crippen MR) is 142 cm³/mol. The zero-order chi connectivity index (χ0) is 23.8. The van der Waals surface area contributed by atoms with Gasteiger partial charge in [0.05, 0.1) is 0 Å². The van der Waals surface area contributed by atoms with Crippen molar-refractivity contribution >= 4 is 45.1 Å². The first-order valence-electron chi connectivity index (χ1n) is 11.2. The van der Waals surface area contributed by atoms with E-state index in [9.17, 15) is 4.79 Å². The van der Waals surface area contributed by atoms with Gasteiger partial charge in [0, 0.05) is 27.2 Å². The minimum atomic E-state index is -0.211. The van der Waals surface area contributed by atoms with E-state index in [4.69, 9.17) is 16.0 Å². The van der Waals surface area contributed by atoms with Crippen LogP contribution in [0.25, 0.3) is 44.5 Å². The maximum atomic E-state index is 13.1. The molecule has 0 fully saturated rings. The van der Waals surface area contributed by atoms with Crippen LogP contribution in [0.5, 0.6) is 0 Å². The number of carbonyl (C=O) groups excluding carboxylic acids is 1. The number of hydrogen-bond acceptors (Lipinski definition) is 3. The van der Waals surface area contributed by atoms with Crippen LogP contribution in [0.4, 0.5) is 5.69 Å². The molecule has 4 nitrogen and oxygen atoms in total. The highest BCUT2D eigenvalue weighted by Gasteiger charge is 2.14. The molecule has 0 spiro atoms. The smallest absolute Gasteiger partial charge is 0.256 e. The van der Waals surface area contributed by atoms with Crippen LogP contribution < -0.4 is 5.32 Å². The van der Waals surface area contributed by atoms with Gasteiger partial charge in [0.1, 0.15) is 5.52 Å². The van der Waals surface area contributed by atoms with Gasteiger partial charge in [-0.15, -0.1) is 0 Å². The number of hydrogen-bond donors (Lipinski definition) is 1. The Morgan fingerprint density at radius 1 is 0.714 bits per heavy atom. The average Bonchev–Trinajstić information content (AvgIpc) is 3.33. The van der Waals surface area contributed by atoms with Gasteiger partial charge in [0.2, 0.25) is 5.89 Å². The molecule has 6 rings (SSSR count). The van der Waals surface area contributed by atoms with E-state index >= 15 is 0 Å². The lowest BCUT2D eigenvalue weighted by Gasteiger charge is -2.09. The molecule has 0 bridgehead atoms. The van der Waals surface area contributed by atoms with E-state index in [1.165, 1.54) is 0 Å². The second-order valence-electron chi connectivity index (χ2n) is 8.24. The van der Waals surface area contributed by atoms with E-state index in [0.717, 1.165) is 27.5 Å². The molecule has 0 aliphatic heterocycles. The van der Waals surface area contributed by atoms with Gasteiger partial charge in [-0.3, -0.25) is 4.79 Å². The maximum Gasteiger partial charge on any atom is 0.256 e. The largest absolute Gasteiger partial charge is 0.436 e. The first kappa shape index (κ1) is 21.1. The first-order chi connectivity index (χ1) is 17.2. The highest BCUT2D eigenvalue weighted by molar-refractivity contribution is 6.36. The summed E-state index contributed by atoms with van der Waals surface area (Å²) in [5.74, 6) is 0.323. The number of anilines is 1. The molecule has 6 aromatic rings. The number of amides is 1. The third-order valence-electron chi connectivity index (χ3n) is 6.00. The summed E-state index contributed by atoms with van der Waals surface area (Å²) in [7, 11) is 0. The molecule has 5 aromatic carbocycles. The summed E-state index contributed by atoms with van der Waals surface area (Å²) in [4.78, 5) is 17.7. The van der Waals surface area contributed by atoms with E-state index in [0.29, 0.717) is 33.3 Å². The van der Waals surface area contributed by atoms with Gasteiger partial charge in [-0.25, -0.2) is 4.98 Å². The van der Waals surface area contributed by atoms with Crippen molar-refractivity contribution in [3.05, 3.63) is 120 Å². The summed E-state index contributed by atoms with van der Waals surface area (Å²) >= 11 is 6.30. The molecular weight excluding hydrogens is 456 g/mol. The van der Waals surface area contributed by atoms with E-state index in [-0.39, 0.29) is 5.91 Å². The molecule has 1 heterocycles. The minimum absolute atomic E-state index is 0.211. The Balaban J connectivity index is 1.27. The number of nitrogens with zero attached hydrogens (tertiary/aromatic N) is 1. The Hall–Kier alpha value is -4.41. The van der Waals surface area contributed by atoms with Crippen LogP contribution in [0.3, 0.4) is 0 Å². The summed E-state index contributed by atoms with van der Waals surface area (Å²) in [6, 6.07) is 34.9. The fourth-order valence-electron chi connectivity index (χ4n) is 4.23.